The van der Waals surface area contributed by atoms with E-state index in [2.05, 4.69) is 9.83 Å². The van der Waals surface area contributed by atoms with E-state index in [1.807, 2.05) is 0 Å². The molecule has 1 saturated heterocycles. The summed E-state index contributed by atoms with van der Waals surface area (Å²) in [5.74, 6) is -0.209. The average Bonchev–Trinajstić information content (AvgIpc) is 2.94. The van der Waals surface area contributed by atoms with Crippen LogP contribution in [0, 0.1) is 6.57 Å². The second-order valence-corrected chi connectivity index (χ2v) is 4.35. The Bertz CT molecular complexity index is 449. The lowest BCUT2D eigenvalue weighted by Gasteiger charge is -2.17. The molecule has 0 saturated carbocycles. The van der Waals surface area contributed by atoms with Gasteiger partial charge in [0, 0.05) is 25.5 Å². The number of hydrogen-bond donors (Lipinski definition) is 1. The van der Waals surface area contributed by atoms with E-state index in [0.717, 1.165) is 12.8 Å². The highest BCUT2D eigenvalue weighted by molar-refractivity contribution is 5.84. The highest BCUT2D eigenvalue weighted by atomic mass is 16.3. The van der Waals surface area contributed by atoms with E-state index in [1.54, 1.807) is 29.4 Å². The van der Waals surface area contributed by atoms with Crippen molar-refractivity contribution >= 4 is 5.91 Å². The lowest BCUT2D eigenvalue weighted by Crippen LogP contribution is -2.38. The van der Waals surface area contributed by atoms with Gasteiger partial charge in [-0.15, -0.1) is 0 Å². The third-order valence-corrected chi connectivity index (χ3v) is 3.18. The summed E-state index contributed by atoms with van der Waals surface area (Å²) in [6, 6.07) is 2.37. The normalized spacial score (nSPS) is 18.1. The largest absolute Gasteiger partial charge is 0.380 e. The second-order valence-electron chi connectivity index (χ2n) is 4.35. The standard InChI is InChI=1S/C13H16N3O2/c1-14-11(13(18)16-8-2-3-9-16)12(17)10-4-6-15-7-5-10/h1,4-7,11-12,17H,2-3,8-9H2/q+1/t11-,12+/m1/s1. The Morgan fingerprint density at radius 1 is 1.39 bits per heavy atom. The zero-order valence-electron chi connectivity index (χ0n) is 10.1. The van der Waals surface area contributed by atoms with Crippen molar-refractivity contribution in [3.63, 3.8) is 0 Å². The number of carbonyl (C=O) groups is 1. The number of pyridine rings is 1. The number of carbonyl (C=O) groups excluding carboxylic acids is 1. The molecule has 2 rings (SSSR count). The first-order valence-electron chi connectivity index (χ1n) is 6.01. The lowest BCUT2D eigenvalue weighted by molar-refractivity contribution is -0.132. The van der Waals surface area contributed by atoms with Crippen LogP contribution in [0.3, 0.4) is 0 Å². The molecule has 5 nitrogen and oxygen atoms in total. The van der Waals surface area contributed by atoms with Crippen molar-refractivity contribution in [2.75, 3.05) is 13.1 Å². The van der Waals surface area contributed by atoms with Gasteiger partial charge in [-0.3, -0.25) is 9.78 Å². The van der Waals surface area contributed by atoms with E-state index in [-0.39, 0.29) is 5.91 Å². The Labute approximate surface area is 106 Å². The van der Waals surface area contributed by atoms with Crippen molar-refractivity contribution in [2.24, 2.45) is 0 Å². The summed E-state index contributed by atoms with van der Waals surface area (Å²) in [4.78, 5) is 21.3. The van der Waals surface area contributed by atoms with Gasteiger partial charge in [0.2, 0.25) is 0 Å². The van der Waals surface area contributed by atoms with E-state index in [4.69, 9.17) is 6.57 Å². The molecule has 0 radical (unpaired) electrons. The molecule has 1 fully saturated rings. The molecular formula is C13H16N3O2+. The molecule has 1 amide bonds. The molecule has 0 aliphatic carbocycles. The van der Waals surface area contributed by atoms with E-state index in [1.165, 1.54) is 0 Å². The summed E-state index contributed by atoms with van der Waals surface area (Å²) in [5.41, 5.74) is 0.594. The summed E-state index contributed by atoms with van der Waals surface area (Å²) in [7, 11) is 0. The van der Waals surface area contributed by atoms with E-state index in [9.17, 15) is 9.90 Å². The molecule has 0 aromatic carbocycles. The molecule has 94 valence electrons. The Morgan fingerprint density at radius 3 is 2.56 bits per heavy atom. The molecule has 1 aliphatic rings. The first-order valence-corrected chi connectivity index (χ1v) is 6.01. The first kappa shape index (κ1) is 12.5. The van der Waals surface area contributed by atoms with Gasteiger partial charge in [-0.2, -0.15) is 0 Å². The molecular weight excluding hydrogens is 230 g/mol. The Hall–Kier alpha value is -1.93. The number of amides is 1. The third-order valence-electron chi connectivity index (χ3n) is 3.18. The van der Waals surface area contributed by atoms with E-state index < -0.39 is 12.1 Å². The van der Waals surface area contributed by atoms with Crippen molar-refractivity contribution in [2.45, 2.75) is 25.0 Å². The van der Waals surface area contributed by atoms with Gasteiger partial charge < -0.3 is 10.0 Å². The lowest BCUT2D eigenvalue weighted by atomic mass is 10.0. The first-order chi connectivity index (χ1) is 8.74. The molecule has 1 aromatic rings. The van der Waals surface area contributed by atoms with Crippen LogP contribution in [-0.4, -0.2) is 40.0 Å². The molecule has 0 unspecified atom stereocenters. The quantitative estimate of drug-likeness (QED) is 0.868. The topological polar surface area (TPSA) is 57.8 Å². The predicted octanol–water partition coefficient (Wildman–Crippen LogP) is 1.07. The predicted molar refractivity (Wildman–Crippen MR) is 67.1 cm³/mol. The Balaban J connectivity index is 2.13. The SMILES string of the molecule is C#[N+][C@@H](C(=O)N1CCCC1)[C@@H](O)c1ccncc1. The maximum absolute atomic E-state index is 12.2. The van der Waals surface area contributed by atoms with Crippen LogP contribution in [0.15, 0.2) is 24.5 Å². The van der Waals surface area contributed by atoms with Crippen LogP contribution in [0.25, 0.3) is 4.85 Å². The van der Waals surface area contributed by atoms with Gasteiger partial charge in [0.15, 0.2) is 6.10 Å². The fourth-order valence-corrected chi connectivity index (χ4v) is 2.15. The fourth-order valence-electron chi connectivity index (χ4n) is 2.15. The number of aliphatic hydroxyl groups is 1. The smallest absolute Gasteiger partial charge is 0.377 e. The van der Waals surface area contributed by atoms with Crippen LogP contribution in [0.1, 0.15) is 24.5 Å². The van der Waals surface area contributed by atoms with Gasteiger partial charge in [-0.25, -0.2) is 0 Å². The van der Waals surface area contributed by atoms with Crippen molar-refractivity contribution < 1.29 is 9.90 Å². The fraction of sp³-hybridized carbons (Fsp3) is 0.462. The molecule has 2 atom stereocenters. The minimum Gasteiger partial charge on any atom is -0.380 e. The number of hydrogen-bond acceptors (Lipinski definition) is 3. The van der Waals surface area contributed by atoms with Crippen LogP contribution >= 0.6 is 0 Å². The molecule has 18 heavy (non-hydrogen) atoms. The molecule has 0 bridgehead atoms. The summed E-state index contributed by atoms with van der Waals surface area (Å²) >= 11 is 0. The van der Waals surface area contributed by atoms with E-state index in [0.29, 0.717) is 18.7 Å². The molecule has 2 heterocycles. The molecule has 0 spiro atoms. The van der Waals surface area contributed by atoms with Crippen molar-refractivity contribution in [3.05, 3.63) is 34.9 Å². The van der Waals surface area contributed by atoms with Gasteiger partial charge in [0.25, 0.3) is 6.57 Å². The van der Waals surface area contributed by atoms with E-state index >= 15 is 0 Å². The summed E-state index contributed by atoms with van der Waals surface area (Å²) < 4.78 is 0. The number of aliphatic hydroxyl groups excluding tert-OH is 1. The van der Waals surface area contributed by atoms with Gasteiger partial charge in [-0.1, -0.05) is 4.85 Å². The van der Waals surface area contributed by atoms with Crippen LogP contribution in [0.5, 0.6) is 0 Å². The van der Waals surface area contributed by atoms with Gasteiger partial charge in [0.1, 0.15) is 0 Å². The zero-order chi connectivity index (χ0) is 13.0. The van der Waals surface area contributed by atoms with Crippen molar-refractivity contribution in [1.29, 1.82) is 0 Å². The van der Waals surface area contributed by atoms with Crippen molar-refractivity contribution in [3.8, 4) is 6.57 Å². The van der Waals surface area contributed by atoms with Gasteiger partial charge >= 0.3 is 11.9 Å². The number of rotatable bonds is 3. The number of nitrogens with zero attached hydrogens (tertiary/aromatic N) is 3. The van der Waals surface area contributed by atoms with Gasteiger partial charge in [0.05, 0.1) is 0 Å². The number of likely N-dealkylation sites (tertiary alicyclic amines) is 1. The van der Waals surface area contributed by atoms with Gasteiger partial charge in [-0.05, 0) is 30.5 Å². The highest BCUT2D eigenvalue weighted by Gasteiger charge is 2.40. The Kier molecular flexibility index (Phi) is 3.90. The van der Waals surface area contributed by atoms with Crippen molar-refractivity contribution in [1.82, 2.24) is 9.88 Å². The van der Waals surface area contributed by atoms with Crippen LogP contribution < -0.4 is 0 Å². The maximum atomic E-state index is 12.2. The molecule has 5 heteroatoms. The average molecular weight is 246 g/mol. The number of aromatic nitrogens is 1. The Morgan fingerprint density at radius 2 is 2.00 bits per heavy atom. The van der Waals surface area contributed by atoms with Crippen LogP contribution in [0.4, 0.5) is 0 Å². The second kappa shape index (κ2) is 5.61. The maximum Gasteiger partial charge on any atom is 0.377 e. The minimum absolute atomic E-state index is 0.209. The highest BCUT2D eigenvalue weighted by Crippen LogP contribution is 2.22. The molecule has 1 N–H and O–H groups in total. The zero-order valence-corrected chi connectivity index (χ0v) is 10.1. The third kappa shape index (κ3) is 2.49. The molecule has 1 aromatic heterocycles. The summed E-state index contributed by atoms with van der Waals surface area (Å²) in [5, 5.41) is 10.2. The minimum atomic E-state index is -1.02. The van der Waals surface area contributed by atoms with Crippen LogP contribution in [-0.2, 0) is 4.79 Å². The summed E-state index contributed by atoms with van der Waals surface area (Å²) in [6.45, 7) is 6.71. The summed E-state index contributed by atoms with van der Waals surface area (Å²) in [6.07, 6.45) is 4.09. The molecule has 1 aliphatic heterocycles. The van der Waals surface area contributed by atoms with Crippen LogP contribution in [0.2, 0.25) is 0 Å². The monoisotopic (exact) mass is 246 g/mol.